The Labute approximate surface area is 119 Å². The van der Waals surface area contributed by atoms with E-state index in [4.69, 9.17) is 4.74 Å². The number of hydrogen-bond acceptors (Lipinski definition) is 4. The molecule has 1 aliphatic carbocycles. The average Bonchev–Trinajstić information content (AvgIpc) is 3.30. The van der Waals surface area contributed by atoms with Gasteiger partial charge in [-0.2, -0.15) is 0 Å². The lowest BCUT2D eigenvalue weighted by atomic mass is 10.1. The maximum Gasteiger partial charge on any atom is 0.152 e. The second kappa shape index (κ2) is 5.90. The van der Waals surface area contributed by atoms with Gasteiger partial charge in [0.15, 0.2) is 5.82 Å². The second-order valence-corrected chi connectivity index (χ2v) is 5.03. The van der Waals surface area contributed by atoms with Crippen LogP contribution in [0.15, 0.2) is 36.7 Å². The highest BCUT2D eigenvalue weighted by Gasteiger charge is 2.23. The van der Waals surface area contributed by atoms with E-state index in [1.807, 2.05) is 24.3 Å². The van der Waals surface area contributed by atoms with E-state index in [-0.39, 0.29) is 0 Å². The van der Waals surface area contributed by atoms with Crippen molar-refractivity contribution in [3.05, 3.63) is 36.7 Å². The Morgan fingerprint density at radius 1 is 1.25 bits per heavy atom. The molecule has 1 aromatic carbocycles. The molecule has 2 aromatic rings. The molecule has 0 amide bonds. The quantitative estimate of drug-likeness (QED) is 0.871. The van der Waals surface area contributed by atoms with Crippen molar-refractivity contribution < 1.29 is 4.74 Å². The summed E-state index contributed by atoms with van der Waals surface area (Å²) in [6.07, 6.45) is 7.23. The zero-order chi connectivity index (χ0) is 13.8. The maximum atomic E-state index is 5.84. The van der Waals surface area contributed by atoms with Crippen LogP contribution in [-0.2, 0) is 0 Å². The van der Waals surface area contributed by atoms with Crippen molar-refractivity contribution in [3.63, 3.8) is 0 Å². The van der Waals surface area contributed by atoms with Gasteiger partial charge in [0.1, 0.15) is 11.4 Å². The summed E-state index contributed by atoms with van der Waals surface area (Å²) in [7, 11) is 0. The number of ether oxygens (including phenoxy) is 1. The van der Waals surface area contributed by atoms with Gasteiger partial charge < -0.3 is 10.1 Å². The molecule has 0 bridgehead atoms. The van der Waals surface area contributed by atoms with Crippen LogP contribution in [0, 0.1) is 0 Å². The zero-order valence-corrected chi connectivity index (χ0v) is 11.7. The van der Waals surface area contributed by atoms with Gasteiger partial charge in [-0.3, -0.25) is 4.98 Å². The van der Waals surface area contributed by atoms with Crippen LogP contribution in [0.5, 0.6) is 5.75 Å². The van der Waals surface area contributed by atoms with E-state index in [1.54, 1.807) is 12.4 Å². The van der Waals surface area contributed by atoms with Crippen LogP contribution in [0.25, 0.3) is 11.3 Å². The van der Waals surface area contributed by atoms with Gasteiger partial charge in [-0.25, -0.2) is 4.98 Å². The Balaban J connectivity index is 1.87. The summed E-state index contributed by atoms with van der Waals surface area (Å²) in [6.45, 7) is 3.02. The fourth-order valence-corrected chi connectivity index (χ4v) is 2.02. The van der Waals surface area contributed by atoms with E-state index in [1.165, 1.54) is 12.8 Å². The third-order valence-electron chi connectivity index (χ3n) is 3.18. The summed E-state index contributed by atoms with van der Waals surface area (Å²) >= 11 is 0. The standard InChI is InChI=1S/C16H19N3O/c1-2-8-18-16-15(17-9-10-19-16)12-4-3-5-14(11-12)20-13-6-7-13/h3-5,9-11,13H,2,6-8H2,1H3,(H,18,19). The number of benzene rings is 1. The van der Waals surface area contributed by atoms with Gasteiger partial charge in [-0.15, -0.1) is 0 Å². The third-order valence-corrected chi connectivity index (χ3v) is 3.18. The predicted molar refractivity (Wildman–Crippen MR) is 79.9 cm³/mol. The number of hydrogen-bond donors (Lipinski definition) is 1. The lowest BCUT2D eigenvalue weighted by Crippen LogP contribution is -2.04. The van der Waals surface area contributed by atoms with Crippen molar-refractivity contribution in [3.8, 4) is 17.0 Å². The molecule has 3 rings (SSSR count). The summed E-state index contributed by atoms with van der Waals surface area (Å²) in [5, 5.41) is 3.32. The van der Waals surface area contributed by atoms with Crippen LogP contribution >= 0.6 is 0 Å². The Morgan fingerprint density at radius 2 is 2.10 bits per heavy atom. The average molecular weight is 269 g/mol. The summed E-state index contributed by atoms with van der Waals surface area (Å²) in [5.41, 5.74) is 1.91. The van der Waals surface area contributed by atoms with Crippen molar-refractivity contribution in [2.75, 3.05) is 11.9 Å². The highest BCUT2D eigenvalue weighted by atomic mass is 16.5. The lowest BCUT2D eigenvalue weighted by Gasteiger charge is -2.10. The van der Waals surface area contributed by atoms with E-state index in [9.17, 15) is 0 Å². The number of rotatable bonds is 6. The van der Waals surface area contributed by atoms with E-state index < -0.39 is 0 Å². The van der Waals surface area contributed by atoms with Gasteiger partial charge in [0.25, 0.3) is 0 Å². The van der Waals surface area contributed by atoms with Gasteiger partial charge >= 0.3 is 0 Å². The smallest absolute Gasteiger partial charge is 0.152 e. The third kappa shape index (κ3) is 3.07. The first-order valence-corrected chi connectivity index (χ1v) is 7.19. The normalized spacial score (nSPS) is 14.1. The van der Waals surface area contributed by atoms with Crippen LogP contribution in [0.4, 0.5) is 5.82 Å². The zero-order valence-electron chi connectivity index (χ0n) is 11.7. The first kappa shape index (κ1) is 12.9. The molecular formula is C16H19N3O. The van der Waals surface area contributed by atoms with Crippen LogP contribution in [-0.4, -0.2) is 22.6 Å². The number of nitrogens with one attached hydrogen (secondary N) is 1. The van der Waals surface area contributed by atoms with Crippen LogP contribution in [0.1, 0.15) is 26.2 Å². The Bertz CT molecular complexity index is 581. The SMILES string of the molecule is CCCNc1nccnc1-c1cccc(OC2CC2)c1. The molecule has 0 unspecified atom stereocenters. The van der Waals surface area contributed by atoms with Crippen LogP contribution < -0.4 is 10.1 Å². The van der Waals surface area contributed by atoms with Gasteiger partial charge in [-0.05, 0) is 31.4 Å². The van der Waals surface area contributed by atoms with Crippen molar-refractivity contribution in [1.82, 2.24) is 9.97 Å². The molecule has 0 atom stereocenters. The molecule has 0 saturated heterocycles. The highest BCUT2D eigenvalue weighted by Crippen LogP contribution is 2.30. The van der Waals surface area contributed by atoms with E-state index in [0.717, 1.165) is 35.8 Å². The summed E-state index contributed by atoms with van der Waals surface area (Å²) in [4.78, 5) is 8.84. The molecule has 20 heavy (non-hydrogen) atoms. The molecule has 1 N–H and O–H groups in total. The first-order valence-electron chi connectivity index (χ1n) is 7.19. The van der Waals surface area contributed by atoms with Crippen molar-refractivity contribution in [2.45, 2.75) is 32.3 Å². The van der Waals surface area contributed by atoms with Crippen LogP contribution in [0.2, 0.25) is 0 Å². The van der Waals surface area contributed by atoms with Gasteiger partial charge in [0.2, 0.25) is 0 Å². The number of aromatic nitrogens is 2. The molecular weight excluding hydrogens is 250 g/mol. The highest BCUT2D eigenvalue weighted by molar-refractivity contribution is 5.72. The minimum atomic E-state index is 0.407. The molecule has 0 spiro atoms. The number of anilines is 1. The first-order chi connectivity index (χ1) is 9.86. The Hall–Kier alpha value is -2.10. The predicted octanol–water partition coefficient (Wildman–Crippen LogP) is 3.51. The monoisotopic (exact) mass is 269 g/mol. The lowest BCUT2D eigenvalue weighted by molar-refractivity contribution is 0.303. The number of nitrogens with zero attached hydrogens (tertiary/aromatic N) is 2. The minimum Gasteiger partial charge on any atom is -0.490 e. The molecule has 1 heterocycles. The fraction of sp³-hybridized carbons (Fsp3) is 0.375. The largest absolute Gasteiger partial charge is 0.490 e. The van der Waals surface area contributed by atoms with E-state index in [2.05, 4.69) is 22.2 Å². The Kier molecular flexibility index (Phi) is 3.81. The van der Waals surface area contributed by atoms with E-state index >= 15 is 0 Å². The molecule has 1 fully saturated rings. The van der Waals surface area contributed by atoms with Crippen molar-refractivity contribution >= 4 is 5.82 Å². The summed E-state index contributed by atoms with van der Waals surface area (Å²) in [6, 6.07) is 8.09. The maximum absolute atomic E-state index is 5.84. The molecule has 1 aliphatic rings. The molecule has 0 aliphatic heterocycles. The molecule has 4 heteroatoms. The Morgan fingerprint density at radius 3 is 2.90 bits per heavy atom. The summed E-state index contributed by atoms with van der Waals surface area (Å²) in [5.74, 6) is 1.75. The fourth-order valence-electron chi connectivity index (χ4n) is 2.02. The van der Waals surface area contributed by atoms with Gasteiger partial charge in [0.05, 0.1) is 6.10 Å². The second-order valence-electron chi connectivity index (χ2n) is 5.03. The topological polar surface area (TPSA) is 47.0 Å². The van der Waals surface area contributed by atoms with Crippen LogP contribution in [0.3, 0.4) is 0 Å². The molecule has 104 valence electrons. The van der Waals surface area contributed by atoms with E-state index in [0.29, 0.717) is 6.10 Å². The molecule has 1 aromatic heterocycles. The molecule has 0 radical (unpaired) electrons. The summed E-state index contributed by atoms with van der Waals surface area (Å²) < 4.78 is 5.84. The molecule has 1 saturated carbocycles. The van der Waals surface area contributed by atoms with Crippen molar-refractivity contribution in [1.29, 1.82) is 0 Å². The minimum absolute atomic E-state index is 0.407. The van der Waals surface area contributed by atoms with Gasteiger partial charge in [0, 0.05) is 24.5 Å². The molecule has 4 nitrogen and oxygen atoms in total. The van der Waals surface area contributed by atoms with Crippen molar-refractivity contribution in [2.24, 2.45) is 0 Å². The van der Waals surface area contributed by atoms with Gasteiger partial charge in [-0.1, -0.05) is 19.1 Å².